The lowest BCUT2D eigenvalue weighted by Crippen LogP contribution is -2.35. The van der Waals surface area contributed by atoms with Crippen molar-refractivity contribution >= 4 is 28.1 Å². The van der Waals surface area contributed by atoms with Gasteiger partial charge in [-0.15, -0.1) is 11.3 Å². The van der Waals surface area contributed by atoms with E-state index in [1.165, 1.54) is 41.2 Å². The van der Waals surface area contributed by atoms with Crippen LogP contribution < -0.4 is 10.1 Å². The quantitative estimate of drug-likeness (QED) is 0.269. The molecule has 3 aliphatic rings. The van der Waals surface area contributed by atoms with Gasteiger partial charge in [0, 0.05) is 47.0 Å². The topological polar surface area (TPSA) is 57.7 Å². The first-order chi connectivity index (χ1) is 19.9. The Hall–Kier alpha value is -3.68. The van der Waals surface area contributed by atoms with Crippen LogP contribution in [0.4, 0.5) is 0 Å². The van der Waals surface area contributed by atoms with Crippen molar-refractivity contribution in [3.05, 3.63) is 94.6 Å². The van der Waals surface area contributed by atoms with Crippen molar-refractivity contribution in [2.45, 2.75) is 44.7 Å². The average molecular weight is 567 g/mol. The summed E-state index contributed by atoms with van der Waals surface area (Å²) in [5, 5.41) is 4.50. The number of pyridine rings is 1. The largest absolute Gasteiger partial charge is 0.497 e. The van der Waals surface area contributed by atoms with Gasteiger partial charge in [0.15, 0.2) is 0 Å². The molecule has 7 heteroatoms. The van der Waals surface area contributed by atoms with Crippen LogP contribution in [-0.4, -0.2) is 54.5 Å². The molecule has 1 amide bonds. The number of likely N-dealkylation sites (tertiary alicyclic amines) is 1. The van der Waals surface area contributed by atoms with Crippen LogP contribution >= 0.6 is 11.3 Å². The Bertz CT molecular complexity index is 1580. The predicted octanol–water partition coefficient (Wildman–Crippen LogP) is 6.74. The number of benzene rings is 2. The minimum atomic E-state index is -0.375. The first-order valence-corrected chi connectivity index (χ1v) is 15.3. The smallest absolute Gasteiger partial charge is 0.252 e. The average Bonchev–Trinajstić information content (AvgIpc) is 3.32. The maximum atomic E-state index is 13.4. The van der Waals surface area contributed by atoms with Gasteiger partial charge < -0.3 is 15.0 Å². The Balaban J connectivity index is 0.000000548. The van der Waals surface area contributed by atoms with Gasteiger partial charge in [0.2, 0.25) is 0 Å². The van der Waals surface area contributed by atoms with E-state index in [4.69, 9.17) is 9.72 Å². The monoisotopic (exact) mass is 566 g/mol. The summed E-state index contributed by atoms with van der Waals surface area (Å²) in [5.41, 5.74) is 4.52. The van der Waals surface area contributed by atoms with Gasteiger partial charge >= 0.3 is 0 Å². The summed E-state index contributed by atoms with van der Waals surface area (Å²) in [6, 6.07) is 18.7. The maximum absolute atomic E-state index is 13.4. The minimum absolute atomic E-state index is 0.0598. The second-order valence-electron chi connectivity index (χ2n) is 11.4. The highest BCUT2D eigenvalue weighted by Gasteiger charge is 2.47. The van der Waals surface area contributed by atoms with E-state index in [0.29, 0.717) is 11.3 Å². The number of rotatable bonds is 7. The van der Waals surface area contributed by atoms with Gasteiger partial charge in [-0.1, -0.05) is 12.1 Å². The molecule has 1 saturated carbocycles. The minimum Gasteiger partial charge on any atom is -0.497 e. The Labute approximate surface area is 246 Å². The summed E-state index contributed by atoms with van der Waals surface area (Å²) in [6.07, 6.45) is 10.5. The highest BCUT2D eigenvalue weighted by Crippen LogP contribution is 2.49. The summed E-state index contributed by atoms with van der Waals surface area (Å²) >= 11 is 1.87. The number of likely N-dealkylation sites (N-methyl/N-ethyl adjacent to an activating group) is 1. The molecule has 1 aliphatic carbocycles. The van der Waals surface area contributed by atoms with E-state index in [0.717, 1.165) is 48.0 Å². The molecule has 2 aromatic heterocycles. The van der Waals surface area contributed by atoms with Gasteiger partial charge in [-0.05, 0) is 117 Å². The fraction of sp³-hybridized carbons (Fsp3) is 0.353. The number of carbonyl (C=O) groups excluding carboxylic acids is 1. The van der Waals surface area contributed by atoms with Crippen molar-refractivity contribution in [2.24, 2.45) is 0 Å². The lowest BCUT2D eigenvalue weighted by atomic mass is 9.95. The summed E-state index contributed by atoms with van der Waals surface area (Å²) in [7, 11) is 3.68. The molecular formula is C34H38N4O2S. The SMILES string of the molecule is CN1C=CC1.COc1ccc(C)c(C(=O)NC2(c3cc(-c4ccc(CN5CCCC5)s4)cc4ncccc34)CC2)c1. The number of hydrogen-bond acceptors (Lipinski definition) is 6. The number of amides is 1. The number of methoxy groups -OCH3 is 1. The van der Waals surface area contributed by atoms with Crippen LogP contribution in [0.15, 0.2) is 73.1 Å². The Morgan fingerprint density at radius 3 is 2.56 bits per heavy atom. The first kappa shape index (κ1) is 27.5. The number of thiophene rings is 1. The zero-order valence-electron chi connectivity index (χ0n) is 24.2. The third kappa shape index (κ3) is 6.02. The molecular weight excluding hydrogens is 528 g/mol. The lowest BCUT2D eigenvalue weighted by Gasteiger charge is -2.22. The number of hydrogen-bond donors (Lipinski definition) is 1. The van der Waals surface area contributed by atoms with E-state index >= 15 is 0 Å². The van der Waals surface area contributed by atoms with Crippen molar-refractivity contribution < 1.29 is 9.53 Å². The molecule has 0 atom stereocenters. The normalized spacial score (nSPS) is 17.1. The van der Waals surface area contributed by atoms with Crippen LogP contribution in [0.25, 0.3) is 21.3 Å². The van der Waals surface area contributed by atoms with Crippen molar-refractivity contribution in [3.8, 4) is 16.2 Å². The van der Waals surface area contributed by atoms with Crippen LogP contribution in [0, 0.1) is 6.92 Å². The molecule has 7 rings (SSSR count). The molecule has 2 fully saturated rings. The zero-order valence-corrected chi connectivity index (χ0v) is 25.0. The summed E-state index contributed by atoms with van der Waals surface area (Å²) in [5.74, 6) is 0.630. The number of ether oxygens (including phenoxy) is 1. The number of carbonyl (C=O) groups is 1. The second kappa shape index (κ2) is 11.7. The molecule has 6 nitrogen and oxygen atoms in total. The van der Waals surface area contributed by atoms with Crippen molar-refractivity contribution in [2.75, 3.05) is 33.8 Å². The van der Waals surface area contributed by atoms with Crippen molar-refractivity contribution in [1.29, 1.82) is 0 Å². The molecule has 4 aromatic rings. The van der Waals surface area contributed by atoms with Crippen LogP contribution in [0.1, 0.15) is 52.0 Å². The molecule has 212 valence electrons. The van der Waals surface area contributed by atoms with E-state index in [2.05, 4.69) is 64.8 Å². The number of aryl methyl sites for hydroxylation is 1. The van der Waals surface area contributed by atoms with Gasteiger partial charge in [0.05, 0.1) is 18.2 Å². The number of fused-ring (bicyclic) bond motifs is 1. The molecule has 2 aliphatic heterocycles. The van der Waals surface area contributed by atoms with Crippen molar-refractivity contribution in [1.82, 2.24) is 20.1 Å². The fourth-order valence-electron chi connectivity index (χ4n) is 5.66. The van der Waals surface area contributed by atoms with E-state index in [1.807, 2.05) is 48.7 Å². The zero-order chi connectivity index (χ0) is 28.4. The van der Waals surface area contributed by atoms with E-state index in [9.17, 15) is 4.79 Å². The predicted molar refractivity (Wildman–Crippen MR) is 167 cm³/mol. The molecule has 0 unspecified atom stereocenters. The van der Waals surface area contributed by atoms with E-state index in [-0.39, 0.29) is 11.4 Å². The van der Waals surface area contributed by atoms with Crippen LogP contribution in [0.5, 0.6) is 5.75 Å². The van der Waals surface area contributed by atoms with E-state index < -0.39 is 0 Å². The van der Waals surface area contributed by atoms with Gasteiger partial charge in [0.1, 0.15) is 5.75 Å². The Morgan fingerprint density at radius 1 is 1.10 bits per heavy atom. The first-order valence-electron chi connectivity index (χ1n) is 14.5. The van der Waals surface area contributed by atoms with Crippen LogP contribution in [-0.2, 0) is 12.1 Å². The summed E-state index contributed by atoms with van der Waals surface area (Å²) in [6.45, 7) is 6.53. The van der Waals surface area contributed by atoms with Gasteiger partial charge in [-0.2, -0.15) is 0 Å². The molecule has 2 aromatic carbocycles. The molecule has 4 heterocycles. The standard InChI is InChI=1S/C30H31N3O2S.C4H7N/c1-20-7-8-22(35-2)18-25(20)29(34)32-30(11-12-30)26-16-21(17-27-24(26)6-5-13-31-27)28-10-9-23(36-28)19-33-14-3-4-15-33;1-5-3-2-4-5/h5-10,13,16-18H,3-4,11-12,14-15,19H2,1-2H3,(H,32,34);2-3H,4H2,1H3. The van der Waals surface area contributed by atoms with Gasteiger partial charge in [-0.25, -0.2) is 0 Å². The molecule has 0 radical (unpaired) electrons. The molecule has 1 N–H and O–H groups in total. The molecule has 1 saturated heterocycles. The summed E-state index contributed by atoms with van der Waals surface area (Å²) < 4.78 is 5.37. The lowest BCUT2D eigenvalue weighted by molar-refractivity contribution is 0.0930. The second-order valence-corrected chi connectivity index (χ2v) is 12.6. The maximum Gasteiger partial charge on any atom is 0.252 e. The van der Waals surface area contributed by atoms with Gasteiger partial charge in [0.25, 0.3) is 5.91 Å². The Morgan fingerprint density at radius 2 is 1.88 bits per heavy atom. The highest BCUT2D eigenvalue weighted by molar-refractivity contribution is 7.15. The summed E-state index contributed by atoms with van der Waals surface area (Å²) in [4.78, 5) is 25.5. The number of nitrogens with zero attached hydrogens (tertiary/aromatic N) is 3. The third-order valence-corrected chi connectivity index (χ3v) is 9.43. The van der Waals surface area contributed by atoms with Crippen LogP contribution in [0.2, 0.25) is 0 Å². The van der Waals surface area contributed by atoms with Crippen molar-refractivity contribution in [3.63, 3.8) is 0 Å². The highest BCUT2D eigenvalue weighted by atomic mass is 32.1. The Kier molecular flexibility index (Phi) is 7.82. The molecule has 0 bridgehead atoms. The van der Waals surface area contributed by atoms with E-state index in [1.54, 1.807) is 7.11 Å². The van der Waals surface area contributed by atoms with Crippen LogP contribution in [0.3, 0.4) is 0 Å². The molecule has 41 heavy (non-hydrogen) atoms. The molecule has 0 spiro atoms. The fourth-order valence-corrected chi connectivity index (χ4v) is 6.70. The number of aromatic nitrogens is 1. The number of nitrogens with one attached hydrogen (secondary N) is 1. The third-order valence-electron chi connectivity index (χ3n) is 8.31. The van der Waals surface area contributed by atoms with Gasteiger partial charge in [-0.3, -0.25) is 14.7 Å².